The Kier molecular flexibility index (Phi) is 5.18. The quantitative estimate of drug-likeness (QED) is 0.677. The number of anilines is 1. The first-order chi connectivity index (χ1) is 9.72. The van der Waals surface area contributed by atoms with Crippen molar-refractivity contribution >= 4 is 23.4 Å². The fraction of sp³-hybridized carbons (Fsp3) is 0.250. The highest BCUT2D eigenvalue weighted by molar-refractivity contribution is 7.98. The van der Waals surface area contributed by atoms with Gasteiger partial charge in [0.05, 0.1) is 5.69 Å². The van der Waals surface area contributed by atoms with Crippen LogP contribution in [0.25, 0.3) is 0 Å². The zero-order valence-electron chi connectivity index (χ0n) is 11.8. The predicted octanol–water partition coefficient (Wildman–Crippen LogP) is 2.90. The number of amides is 1. The molecule has 1 N–H and O–H groups in total. The van der Waals surface area contributed by atoms with Crippen molar-refractivity contribution in [3.63, 3.8) is 0 Å². The van der Waals surface area contributed by atoms with E-state index in [-0.39, 0.29) is 5.91 Å². The second-order valence-corrected chi connectivity index (χ2v) is 5.33. The van der Waals surface area contributed by atoms with Crippen LogP contribution >= 0.6 is 11.8 Å². The van der Waals surface area contributed by atoms with Crippen molar-refractivity contribution in [1.82, 2.24) is 0 Å². The molecule has 1 aromatic carbocycles. The third-order valence-electron chi connectivity index (χ3n) is 3.08. The number of para-hydroxylation sites is 1. The minimum absolute atomic E-state index is 0.0132. The molecule has 0 fully saturated rings. The number of nitrogens with zero attached hydrogens (tertiary/aromatic N) is 1. The Morgan fingerprint density at radius 3 is 2.55 bits per heavy atom. The summed E-state index contributed by atoms with van der Waals surface area (Å²) in [5.41, 5.74) is 2.14. The fourth-order valence-corrected chi connectivity index (χ4v) is 2.49. The predicted molar refractivity (Wildman–Crippen MR) is 82.9 cm³/mol. The fourth-order valence-electron chi connectivity index (χ4n) is 1.93. The Bertz CT molecular complexity index is 581. The van der Waals surface area contributed by atoms with Gasteiger partial charge in [0.25, 0.3) is 5.91 Å². The molecule has 1 amide bonds. The van der Waals surface area contributed by atoms with Crippen LogP contribution in [-0.2, 0) is 17.8 Å². The van der Waals surface area contributed by atoms with E-state index in [9.17, 15) is 4.79 Å². The van der Waals surface area contributed by atoms with Crippen molar-refractivity contribution in [1.29, 1.82) is 0 Å². The van der Waals surface area contributed by atoms with Crippen molar-refractivity contribution in [2.24, 2.45) is 0 Å². The Hall–Kier alpha value is -1.81. The van der Waals surface area contributed by atoms with Gasteiger partial charge in [0.2, 0.25) is 6.54 Å². The molecule has 0 bridgehead atoms. The summed E-state index contributed by atoms with van der Waals surface area (Å²) in [5.74, 6) is -0.0132. The molecule has 0 unspecified atom stereocenters. The summed E-state index contributed by atoms with van der Waals surface area (Å²) in [4.78, 5) is 13.1. The lowest BCUT2D eigenvalue weighted by Crippen LogP contribution is -2.39. The largest absolute Gasteiger partial charge is 0.320 e. The van der Waals surface area contributed by atoms with Gasteiger partial charge in [-0.3, -0.25) is 4.79 Å². The molecule has 4 heteroatoms. The van der Waals surface area contributed by atoms with Crippen LogP contribution in [0.4, 0.5) is 5.69 Å². The van der Waals surface area contributed by atoms with E-state index >= 15 is 0 Å². The molecular formula is C16H19N2OS+. The number of carbonyl (C=O) groups is 1. The summed E-state index contributed by atoms with van der Waals surface area (Å²) in [6.07, 6.45) is 6.90. The summed E-state index contributed by atoms with van der Waals surface area (Å²) in [6, 6.07) is 11.9. The first-order valence-corrected chi connectivity index (χ1v) is 7.86. The van der Waals surface area contributed by atoms with E-state index in [1.807, 2.05) is 59.6 Å². The van der Waals surface area contributed by atoms with Gasteiger partial charge in [-0.2, -0.15) is 4.57 Å². The van der Waals surface area contributed by atoms with E-state index in [2.05, 4.69) is 12.2 Å². The average molecular weight is 287 g/mol. The van der Waals surface area contributed by atoms with Crippen LogP contribution in [0.15, 0.2) is 53.7 Å². The minimum Gasteiger partial charge on any atom is -0.320 e. The molecular weight excluding hydrogens is 268 g/mol. The molecule has 0 spiro atoms. The molecule has 3 nitrogen and oxygen atoms in total. The highest BCUT2D eigenvalue weighted by atomic mass is 32.2. The summed E-state index contributed by atoms with van der Waals surface area (Å²) in [7, 11) is 0. The second kappa shape index (κ2) is 7.10. The second-order valence-electron chi connectivity index (χ2n) is 4.48. The zero-order chi connectivity index (χ0) is 14.4. The number of carbonyl (C=O) groups excluding carboxylic acids is 1. The molecule has 0 saturated carbocycles. The highest BCUT2D eigenvalue weighted by Crippen LogP contribution is 2.24. The lowest BCUT2D eigenvalue weighted by molar-refractivity contribution is -0.684. The molecule has 2 aromatic rings. The molecule has 0 atom stereocenters. The molecule has 0 aliphatic rings. The third-order valence-corrected chi connectivity index (χ3v) is 3.87. The summed E-state index contributed by atoms with van der Waals surface area (Å²) in [6.45, 7) is 2.44. The topological polar surface area (TPSA) is 33.0 Å². The molecule has 0 radical (unpaired) electrons. The molecule has 2 rings (SSSR count). The maximum atomic E-state index is 12.1. The van der Waals surface area contributed by atoms with Crippen LogP contribution in [0, 0.1) is 0 Å². The van der Waals surface area contributed by atoms with E-state index in [4.69, 9.17) is 0 Å². The first-order valence-electron chi connectivity index (χ1n) is 6.63. The smallest absolute Gasteiger partial charge is 0.290 e. The lowest BCUT2D eigenvalue weighted by atomic mass is 10.2. The summed E-state index contributed by atoms with van der Waals surface area (Å²) < 4.78 is 1.89. The van der Waals surface area contributed by atoms with E-state index < -0.39 is 0 Å². The monoisotopic (exact) mass is 287 g/mol. The summed E-state index contributed by atoms with van der Waals surface area (Å²) in [5, 5.41) is 2.96. The average Bonchev–Trinajstić information content (AvgIpc) is 2.48. The van der Waals surface area contributed by atoms with Crippen molar-refractivity contribution in [2.45, 2.75) is 24.8 Å². The van der Waals surface area contributed by atoms with Crippen molar-refractivity contribution in [3.8, 4) is 0 Å². The molecule has 104 valence electrons. The van der Waals surface area contributed by atoms with Gasteiger partial charge in [0.15, 0.2) is 12.4 Å². The molecule has 1 aromatic heterocycles. The maximum absolute atomic E-state index is 12.1. The van der Waals surface area contributed by atoms with Gasteiger partial charge in [-0.05, 0) is 30.4 Å². The van der Waals surface area contributed by atoms with E-state index in [1.54, 1.807) is 11.8 Å². The van der Waals surface area contributed by atoms with Gasteiger partial charge >= 0.3 is 0 Å². The van der Waals surface area contributed by atoms with Gasteiger partial charge in [-0.1, -0.05) is 19.1 Å². The zero-order valence-corrected chi connectivity index (χ0v) is 12.6. The van der Waals surface area contributed by atoms with Crippen LogP contribution in [0.2, 0.25) is 0 Å². The Balaban J connectivity index is 2.01. The van der Waals surface area contributed by atoms with Gasteiger partial charge in [-0.15, -0.1) is 11.8 Å². The van der Waals surface area contributed by atoms with Gasteiger partial charge in [-0.25, -0.2) is 0 Å². The third kappa shape index (κ3) is 3.84. The van der Waals surface area contributed by atoms with Crippen molar-refractivity contribution in [3.05, 3.63) is 54.4 Å². The number of aryl methyl sites for hydroxylation is 1. The molecule has 20 heavy (non-hydrogen) atoms. The van der Waals surface area contributed by atoms with E-state index in [0.29, 0.717) is 6.54 Å². The number of nitrogens with one attached hydrogen (secondary N) is 1. The Morgan fingerprint density at radius 2 is 1.90 bits per heavy atom. The van der Waals surface area contributed by atoms with Crippen LogP contribution in [0.1, 0.15) is 12.5 Å². The standard InChI is InChI=1S/C16H18N2OS/c1-3-13-8-10-18(11-9-13)12-16(19)17-14-6-4-5-7-15(14)20-2/h4-11H,3,12H2,1-2H3/p+1. The molecule has 1 heterocycles. The molecule has 0 aliphatic heterocycles. The van der Waals surface area contributed by atoms with Crippen LogP contribution in [0.5, 0.6) is 0 Å². The van der Waals surface area contributed by atoms with Crippen LogP contribution < -0.4 is 9.88 Å². The highest BCUT2D eigenvalue weighted by Gasteiger charge is 2.11. The number of pyridine rings is 1. The number of rotatable bonds is 5. The van der Waals surface area contributed by atoms with Gasteiger partial charge in [0, 0.05) is 17.0 Å². The van der Waals surface area contributed by atoms with Crippen LogP contribution in [0.3, 0.4) is 0 Å². The van der Waals surface area contributed by atoms with Crippen LogP contribution in [-0.4, -0.2) is 12.2 Å². The van der Waals surface area contributed by atoms with Gasteiger partial charge < -0.3 is 5.32 Å². The molecule has 0 aliphatic carbocycles. The van der Waals surface area contributed by atoms with Crippen molar-refractivity contribution < 1.29 is 9.36 Å². The maximum Gasteiger partial charge on any atom is 0.290 e. The number of hydrogen-bond donors (Lipinski definition) is 1. The van der Waals surface area contributed by atoms with E-state index in [1.165, 1.54) is 5.56 Å². The normalized spacial score (nSPS) is 10.3. The lowest BCUT2D eigenvalue weighted by Gasteiger charge is -2.07. The number of hydrogen-bond acceptors (Lipinski definition) is 2. The molecule has 0 saturated heterocycles. The number of benzene rings is 1. The van der Waals surface area contributed by atoms with Crippen molar-refractivity contribution in [2.75, 3.05) is 11.6 Å². The minimum atomic E-state index is -0.0132. The number of thioether (sulfide) groups is 1. The van der Waals surface area contributed by atoms with Gasteiger partial charge in [0.1, 0.15) is 0 Å². The summed E-state index contributed by atoms with van der Waals surface area (Å²) >= 11 is 1.63. The Morgan fingerprint density at radius 1 is 1.20 bits per heavy atom. The van der Waals surface area contributed by atoms with E-state index in [0.717, 1.165) is 17.0 Å². The Labute approximate surface area is 124 Å². The SMILES string of the molecule is CCc1cc[n+](CC(=O)Nc2ccccc2SC)cc1. The number of aromatic nitrogens is 1. The first kappa shape index (κ1) is 14.6.